The number of rotatable bonds is 5. The summed E-state index contributed by atoms with van der Waals surface area (Å²) >= 11 is 0. The van der Waals surface area contributed by atoms with E-state index in [0.717, 1.165) is 33.5 Å². The molecule has 5 rings (SSSR count). The Balaban J connectivity index is 1.49. The molecular formula is C25H24N4O2. The van der Waals surface area contributed by atoms with Crippen LogP contribution in [-0.4, -0.2) is 30.8 Å². The van der Waals surface area contributed by atoms with Gasteiger partial charge >= 0.3 is 5.97 Å². The van der Waals surface area contributed by atoms with Crippen molar-refractivity contribution < 1.29 is 9.90 Å². The number of aromatic nitrogens is 4. The summed E-state index contributed by atoms with van der Waals surface area (Å²) in [5.41, 5.74) is 4.99. The van der Waals surface area contributed by atoms with Gasteiger partial charge in [-0.2, -0.15) is 10.2 Å². The van der Waals surface area contributed by atoms with Crippen molar-refractivity contribution in [2.24, 2.45) is 0 Å². The van der Waals surface area contributed by atoms with Gasteiger partial charge in [-0.05, 0) is 35.6 Å². The monoisotopic (exact) mass is 412 g/mol. The normalized spacial score (nSPS) is 14.7. The Morgan fingerprint density at radius 3 is 2.48 bits per heavy atom. The van der Waals surface area contributed by atoms with Gasteiger partial charge in [-0.25, -0.2) is 9.78 Å². The predicted molar refractivity (Wildman–Crippen MR) is 119 cm³/mol. The number of imidazole rings is 1. The van der Waals surface area contributed by atoms with Crippen molar-refractivity contribution >= 4 is 17.0 Å². The largest absolute Gasteiger partial charge is 0.478 e. The van der Waals surface area contributed by atoms with Crippen molar-refractivity contribution in [3.8, 4) is 11.1 Å². The van der Waals surface area contributed by atoms with Gasteiger partial charge in [0.2, 0.25) is 0 Å². The minimum absolute atomic E-state index is 0.314. The van der Waals surface area contributed by atoms with Crippen LogP contribution in [-0.2, 0) is 6.54 Å². The Kier molecular flexibility index (Phi) is 5.20. The minimum atomic E-state index is -0.914. The summed E-state index contributed by atoms with van der Waals surface area (Å²) in [5, 5.41) is 17.6. The summed E-state index contributed by atoms with van der Waals surface area (Å²) in [6.07, 6.45) is 9.70. The lowest BCUT2D eigenvalue weighted by Gasteiger charge is -2.22. The minimum Gasteiger partial charge on any atom is -0.478 e. The topological polar surface area (TPSA) is 80.9 Å². The second kappa shape index (κ2) is 8.30. The van der Waals surface area contributed by atoms with Crippen LogP contribution in [0.5, 0.6) is 0 Å². The first-order chi connectivity index (χ1) is 15.2. The first kappa shape index (κ1) is 19.4. The molecule has 1 aliphatic carbocycles. The highest BCUT2D eigenvalue weighted by atomic mass is 16.4. The molecule has 0 bridgehead atoms. The Bertz CT molecular complexity index is 1220. The Hall–Kier alpha value is -3.54. The SMILES string of the molecule is O=C(O)c1ccccc1-c1ccc(Cn2c(C3CCCCC3)nc3cnncc32)cc1. The maximum atomic E-state index is 11.6. The van der Waals surface area contributed by atoms with E-state index in [1.54, 1.807) is 24.5 Å². The molecule has 0 unspecified atom stereocenters. The van der Waals surface area contributed by atoms with Crippen LogP contribution in [0.25, 0.3) is 22.2 Å². The molecule has 4 aromatic rings. The highest BCUT2D eigenvalue weighted by Crippen LogP contribution is 2.34. The summed E-state index contributed by atoms with van der Waals surface area (Å²) in [6, 6.07) is 15.2. The van der Waals surface area contributed by atoms with E-state index in [2.05, 4.69) is 26.9 Å². The van der Waals surface area contributed by atoms with Crippen molar-refractivity contribution in [2.75, 3.05) is 0 Å². The first-order valence-corrected chi connectivity index (χ1v) is 10.8. The zero-order valence-electron chi connectivity index (χ0n) is 17.2. The van der Waals surface area contributed by atoms with E-state index < -0.39 is 5.97 Å². The summed E-state index contributed by atoms with van der Waals surface area (Å²) in [5.74, 6) is 0.690. The number of hydrogen-bond donors (Lipinski definition) is 1. The molecule has 1 aliphatic rings. The highest BCUT2D eigenvalue weighted by Gasteiger charge is 2.23. The molecule has 2 aromatic carbocycles. The third-order valence-corrected chi connectivity index (χ3v) is 6.22. The average Bonchev–Trinajstić information content (AvgIpc) is 3.18. The molecule has 1 N–H and O–H groups in total. The molecule has 0 atom stereocenters. The number of nitrogens with zero attached hydrogens (tertiary/aromatic N) is 4. The van der Waals surface area contributed by atoms with E-state index >= 15 is 0 Å². The van der Waals surface area contributed by atoms with Crippen LogP contribution in [0.2, 0.25) is 0 Å². The van der Waals surface area contributed by atoms with Crippen LogP contribution in [0.15, 0.2) is 60.9 Å². The van der Waals surface area contributed by atoms with Crippen molar-refractivity contribution in [1.29, 1.82) is 0 Å². The lowest BCUT2D eigenvalue weighted by atomic mass is 9.88. The Morgan fingerprint density at radius 2 is 1.71 bits per heavy atom. The number of carbonyl (C=O) groups is 1. The Morgan fingerprint density at radius 1 is 0.968 bits per heavy atom. The first-order valence-electron chi connectivity index (χ1n) is 10.8. The van der Waals surface area contributed by atoms with Gasteiger partial charge in [0.1, 0.15) is 11.3 Å². The van der Waals surface area contributed by atoms with E-state index in [1.165, 1.54) is 32.1 Å². The van der Waals surface area contributed by atoms with Crippen LogP contribution in [0, 0.1) is 0 Å². The number of carboxylic acid groups (broad SMARTS) is 1. The molecule has 1 fully saturated rings. The number of benzene rings is 2. The van der Waals surface area contributed by atoms with Gasteiger partial charge in [-0.15, -0.1) is 0 Å². The fraction of sp³-hybridized carbons (Fsp3) is 0.280. The molecule has 31 heavy (non-hydrogen) atoms. The predicted octanol–water partition coefficient (Wildman–Crippen LogP) is 5.29. The molecule has 0 amide bonds. The van der Waals surface area contributed by atoms with Gasteiger partial charge < -0.3 is 9.67 Å². The van der Waals surface area contributed by atoms with E-state index in [4.69, 9.17) is 4.98 Å². The molecule has 2 aromatic heterocycles. The van der Waals surface area contributed by atoms with Crippen LogP contribution < -0.4 is 0 Å². The second-order valence-corrected chi connectivity index (χ2v) is 8.20. The van der Waals surface area contributed by atoms with E-state index in [-0.39, 0.29) is 0 Å². The molecule has 2 heterocycles. The number of carboxylic acids is 1. The third-order valence-electron chi connectivity index (χ3n) is 6.22. The van der Waals surface area contributed by atoms with E-state index in [9.17, 15) is 9.90 Å². The highest BCUT2D eigenvalue weighted by molar-refractivity contribution is 5.96. The molecule has 6 nitrogen and oxygen atoms in total. The van der Waals surface area contributed by atoms with Crippen molar-refractivity contribution in [2.45, 2.75) is 44.6 Å². The quantitative estimate of drug-likeness (QED) is 0.482. The Labute approximate surface area is 180 Å². The molecule has 156 valence electrons. The van der Waals surface area contributed by atoms with Gasteiger partial charge in [0.05, 0.1) is 23.5 Å². The standard InChI is InChI=1S/C25H24N4O2/c30-25(31)21-9-5-4-8-20(21)18-12-10-17(11-13-18)16-29-23-15-27-26-14-22(23)28-24(29)19-6-2-1-3-7-19/h4-5,8-15,19H,1-3,6-7,16H2,(H,30,31). The summed E-state index contributed by atoms with van der Waals surface area (Å²) in [7, 11) is 0. The van der Waals surface area contributed by atoms with Gasteiger partial charge in [0.15, 0.2) is 0 Å². The van der Waals surface area contributed by atoms with Gasteiger partial charge in [0, 0.05) is 12.5 Å². The number of hydrogen-bond acceptors (Lipinski definition) is 4. The summed E-state index contributed by atoms with van der Waals surface area (Å²) in [6.45, 7) is 0.703. The van der Waals surface area contributed by atoms with Crippen molar-refractivity contribution in [3.05, 3.63) is 77.9 Å². The number of fused-ring (bicyclic) bond motifs is 1. The fourth-order valence-corrected chi connectivity index (χ4v) is 4.64. The fourth-order valence-electron chi connectivity index (χ4n) is 4.64. The van der Waals surface area contributed by atoms with Crippen LogP contribution >= 0.6 is 0 Å². The van der Waals surface area contributed by atoms with Crippen LogP contribution in [0.4, 0.5) is 0 Å². The average molecular weight is 412 g/mol. The molecule has 0 saturated heterocycles. The second-order valence-electron chi connectivity index (χ2n) is 8.20. The third kappa shape index (κ3) is 3.81. The molecule has 0 spiro atoms. The van der Waals surface area contributed by atoms with Crippen molar-refractivity contribution in [1.82, 2.24) is 19.7 Å². The van der Waals surface area contributed by atoms with Gasteiger partial charge in [-0.3, -0.25) is 0 Å². The zero-order chi connectivity index (χ0) is 21.2. The lowest BCUT2D eigenvalue weighted by Crippen LogP contribution is -2.13. The van der Waals surface area contributed by atoms with Crippen LogP contribution in [0.3, 0.4) is 0 Å². The summed E-state index contributed by atoms with van der Waals surface area (Å²) < 4.78 is 2.28. The maximum Gasteiger partial charge on any atom is 0.336 e. The molecule has 1 saturated carbocycles. The van der Waals surface area contributed by atoms with E-state index in [0.29, 0.717) is 18.0 Å². The number of aromatic carboxylic acids is 1. The molecule has 6 heteroatoms. The molecule has 0 aliphatic heterocycles. The van der Waals surface area contributed by atoms with Gasteiger partial charge in [-0.1, -0.05) is 61.7 Å². The zero-order valence-corrected chi connectivity index (χ0v) is 17.2. The molecular weight excluding hydrogens is 388 g/mol. The summed E-state index contributed by atoms with van der Waals surface area (Å²) in [4.78, 5) is 16.5. The van der Waals surface area contributed by atoms with E-state index in [1.807, 2.05) is 24.3 Å². The maximum absolute atomic E-state index is 11.6. The molecule has 0 radical (unpaired) electrons. The van der Waals surface area contributed by atoms with Gasteiger partial charge in [0.25, 0.3) is 0 Å². The smallest absolute Gasteiger partial charge is 0.336 e. The van der Waals surface area contributed by atoms with Crippen molar-refractivity contribution in [3.63, 3.8) is 0 Å². The van der Waals surface area contributed by atoms with Crippen LogP contribution in [0.1, 0.15) is 59.8 Å². The lowest BCUT2D eigenvalue weighted by molar-refractivity contribution is 0.0697.